The van der Waals surface area contributed by atoms with Crippen molar-refractivity contribution in [1.82, 2.24) is 10.2 Å². The van der Waals surface area contributed by atoms with Crippen LogP contribution in [0.5, 0.6) is 5.75 Å². The van der Waals surface area contributed by atoms with Crippen molar-refractivity contribution in [2.24, 2.45) is 0 Å². The average molecular weight is 523 g/mol. The molecule has 0 aliphatic carbocycles. The summed E-state index contributed by atoms with van der Waals surface area (Å²) in [6.07, 6.45) is 0.411. The molecule has 5 nitrogen and oxygen atoms in total. The SMILES string of the molecule is CNC(=O)C(Cc1ccccc1)N(Cc1ccccc1C)C(=O)COc1cc(C)c(Br)c(C)c1. The molecule has 0 fully saturated rings. The highest BCUT2D eigenvalue weighted by Gasteiger charge is 2.30. The molecular weight excluding hydrogens is 492 g/mol. The quantitative estimate of drug-likeness (QED) is 0.423. The van der Waals surface area contributed by atoms with Gasteiger partial charge < -0.3 is 15.0 Å². The van der Waals surface area contributed by atoms with Crippen LogP contribution in [0.3, 0.4) is 0 Å². The second-order valence-corrected chi connectivity index (χ2v) is 9.22. The zero-order valence-electron chi connectivity index (χ0n) is 20.1. The second kappa shape index (κ2) is 11.8. The van der Waals surface area contributed by atoms with Crippen LogP contribution in [-0.4, -0.2) is 36.4 Å². The van der Waals surface area contributed by atoms with E-state index in [4.69, 9.17) is 4.74 Å². The number of carbonyl (C=O) groups is 2. The Morgan fingerprint density at radius 1 is 0.941 bits per heavy atom. The summed E-state index contributed by atoms with van der Waals surface area (Å²) in [5, 5.41) is 2.74. The summed E-state index contributed by atoms with van der Waals surface area (Å²) < 4.78 is 6.93. The largest absolute Gasteiger partial charge is 0.484 e. The van der Waals surface area contributed by atoms with Crippen LogP contribution >= 0.6 is 15.9 Å². The third-order valence-corrected chi connectivity index (χ3v) is 7.14. The molecule has 3 rings (SSSR count). The number of rotatable bonds is 9. The van der Waals surface area contributed by atoms with E-state index >= 15 is 0 Å². The first kappa shape index (κ1) is 25.5. The van der Waals surface area contributed by atoms with Crippen molar-refractivity contribution in [3.05, 3.63) is 99.0 Å². The summed E-state index contributed by atoms with van der Waals surface area (Å²) in [7, 11) is 1.60. The van der Waals surface area contributed by atoms with Gasteiger partial charge >= 0.3 is 0 Å². The summed E-state index contributed by atoms with van der Waals surface area (Å²) in [6, 6.07) is 20.8. The lowest BCUT2D eigenvalue weighted by atomic mass is 10.0. The minimum Gasteiger partial charge on any atom is -0.484 e. The van der Waals surface area contributed by atoms with E-state index in [-0.39, 0.29) is 18.4 Å². The van der Waals surface area contributed by atoms with Crippen LogP contribution in [0.2, 0.25) is 0 Å². The number of amides is 2. The van der Waals surface area contributed by atoms with Gasteiger partial charge in [0.1, 0.15) is 11.8 Å². The number of halogens is 1. The molecular formula is C28H31BrN2O3. The Morgan fingerprint density at radius 3 is 2.18 bits per heavy atom. The van der Waals surface area contributed by atoms with Gasteiger partial charge in [-0.3, -0.25) is 9.59 Å². The van der Waals surface area contributed by atoms with Gasteiger partial charge in [-0.2, -0.15) is 0 Å². The number of hydrogen-bond donors (Lipinski definition) is 1. The first-order valence-electron chi connectivity index (χ1n) is 11.3. The molecule has 0 spiro atoms. The third kappa shape index (κ3) is 6.48. The van der Waals surface area contributed by atoms with E-state index in [1.54, 1.807) is 11.9 Å². The molecule has 0 saturated heterocycles. The maximum absolute atomic E-state index is 13.5. The van der Waals surface area contributed by atoms with Gasteiger partial charge in [0.25, 0.3) is 5.91 Å². The molecule has 1 unspecified atom stereocenters. The van der Waals surface area contributed by atoms with Crippen molar-refractivity contribution in [3.63, 3.8) is 0 Å². The highest BCUT2D eigenvalue weighted by Crippen LogP contribution is 2.26. The maximum atomic E-state index is 13.5. The fourth-order valence-electron chi connectivity index (χ4n) is 3.91. The molecule has 6 heteroatoms. The Bertz CT molecular complexity index is 1120. The topological polar surface area (TPSA) is 58.6 Å². The lowest BCUT2D eigenvalue weighted by molar-refractivity contribution is -0.142. The Hall–Kier alpha value is -3.12. The van der Waals surface area contributed by atoms with Gasteiger partial charge in [-0.15, -0.1) is 0 Å². The number of aryl methyl sites for hydroxylation is 3. The predicted molar refractivity (Wildman–Crippen MR) is 139 cm³/mol. The highest BCUT2D eigenvalue weighted by molar-refractivity contribution is 9.10. The third-order valence-electron chi connectivity index (χ3n) is 5.89. The van der Waals surface area contributed by atoms with Crippen molar-refractivity contribution in [2.75, 3.05) is 13.7 Å². The van der Waals surface area contributed by atoms with Crippen molar-refractivity contribution >= 4 is 27.7 Å². The lowest BCUT2D eigenvalue weighted by Crippen LogP contribution is -2.51. The molecule has 0 aliphatic heterocycles. The molecule has 2 amide bonds. The summed E-state index contributed by atoms with van der Waals surface area (Å²) in [5.74, 6) is 0.175. The van der Waals surface area contributed by atoms with Crippen LogP contribution in [0.25, 0.3) is 0 Å². The van der Waals surface area contributed by atoms with E-state index in [1.165, 1.54) is 0 Å². The molecule has 0 radical (unpaired) electrons. The highest BCUT2D eigenvalue weighted by atomic mass is 79.9. The fraction of sp³-hybridized carbons (Fsp3) is 0.286. The Kier molecular flexibility index (Phi) is 8.88. The van der Waals surface area contributed by atoms with Crippen molar-refractivity contribution in [2.45, 2.75) is 39.8 Å². The van der Waals surface area contributed by atoms with Crippen LogP contribution < -0.4 is 10.1 Å². The number of benzene rings is 3. The zero-order chi connectivity index (χ0) is 24.7. The minimum atomic E-state index is -0.670. The molecule has 3 aromatic rings. The first-order valence-corrected chi connectivity index (χ1v) is 12.1. The summed E-state index contributed by atoms with van der Waals surface area (Å²) in [4.78, 5) is 28.2. The minimum absolute atomic E-state index is 0.158. The molecule has 0 aromatic heterocycles. The van der Waals surface area contributed by atoms with Gasteiger partial charge in [0.2, 0.25) is 5.91 Å². The normalized spacial score (nSPS) is 11.6. The van der Waals surface area contributed by atoms with E-state index in [1.807, 2.05) is 87.5 Å². The van der Waals surface area contributed by atoms with Gasteiger partial charge in [0, 0.05) is 24.5 Å². The number of ether oxygens (including phenoxy) is 1. The van der Waals surface area contributed by atoms with Crippen molar-refractivity contribution in [1.29, 1.82) is 0 Å². The molecule has 0 heterocycles. The van der Waals surface area contributed by atoms with Gasteiger partial charge in [0.05, 0.1) is 0 Å². The van der Waals surface area contributed by atoms with E-state index in [2.05, 4.69) is 21.2 Å². The Balaban J connectivity index is 1.90. The van der Waals surface area contributed by atoms with Crippen LogP contribution in [0.4, 0.5) is 0 Å². The molecule has 178 valence electrons. The van der Waals surface area contributed by atoms with E-state index in [0.29, 0.717) is 18.7 Å². The van der Waals surface area contributed by atoms with Gasteiger partial charge in [-0.05, 0) is 60.7 Å². The van der Waals surface area contributed by atoms with Gasteiger partial charge in [0.15, 0.2) is 6.61 Å². The summed E-state index contributed by atoms with van der Waals surface area (Å²) >= 11 is 3.56. The Morgan fingerprint density at radius 2 is 1.56 bits per heavy atom. The number of nitrogens with one attached hydrogen (secondary N) is 1. The van der Waals surface area contributed by atoms with Crippen LogP contribution in [-0.2, 0) is 22.6 Å². The number of carbonyl (C=O) groups excluding carboxylic acids is 2. The van der Waals surface area contributed by atoms with Crippen LogP contribution in [0.1, 0.15) is 27.8 Å². The summed E-state index contributed by atoms with van der Waals surface area (Å²) in [5.41, 5.74) is 5.11. The monoisotopic (exact) mass is 522 g/mol. The number of nitrogens with zero attached hydrogens (tertiary/aromatic N) is 1. The Labute approximate surface area is 210 Å². The van der Waals surface area contributed by atoms with Crippen LogP contribution in [0.15, 0.2) is 71.2 Å². The molecule has 34 heavy (non-hydrogen) atoms. The van der Waals surface area contributed by atoms with Gasteiger partial charge in [-0.25, -0.2) is 0 Å². The van der Waals surface area contributed by atoms with E-state index in [9.17, 15) is 9.59 Å². The predicted octanol–water partition coefficient (Wildman–Crippen LogP) is 5.14. The number of likely N-dealkylation sites (N-methyl/N-ethyl adjacent to an activating group) is 1. The van der Waals surface area contributed by atoms with Crippen molar-refractivity contribution < 1.29 is 14.3 Å². The number of hydrogen-bond acceptors (Lipinski definition) is 3. The fourth-order valence-corrected chi connectivity index (χ4v) is 4.14. The molecule has 3 aromatic carbocycles. The van der Waals surface area contributed by atoms with Crippen LogP contribution in [0, 0.1) is 20.8 Å². The smallest absolute Gasteiger partial charge is 0.261 e. The second-order valence-electron chi connectivity index (χ2n) is 8.43. The molecule has 0 saturated carbocycles. The van der Waals surface area contributed by atoms with Gasteiger partial charge in [-0.1, -0.05) is 70.5 Å². The molecule has 0 bridgehead atoms. The maximum Gasteiger partial charge on any atom is 0.261 e. The van der Waals surface area contributed by atoms with E-state index in [0.717, 1.165) is 32.3 Å². The standard InChI is InChI=1S/C28H31BrN2O3/c1-19-10-8-9-13-23(19)17-31(25(28(33)30-4)16-22-11-6-5-7-12-22)26(32)18-34-24-14-20(2)27(29)21(3)15-24/h5-15,25H,16-18H2,1-4H3,(H,30,33). The molecule has 1 atom stereocenters. The zero-order valence-corrected chi connectivity index (χ0v) is 21.7. The van der Waals surface area contributed by atoms with E-state index < -0.39 is 6.04 Å². The first-order chi connectivity index (χ1) is 16.3. The molecule has 1 N–H and O–H groups in total. The van der Waals surface area contributed by atoms with Crippen molar-refractivity contribution in [3.8, 4) is 5.75 Å². The summed E-state index contributed by atoms with van der Waals surface area (Å²) in [6.45, 7) is 6.14. The lowest BCUT2D eigenvalue weighted by Gasteiger charge is -2.31. The average Bonchev–Trinajstić information content (AvgIpc) is 2.84. The molecule has 0 aliphatic rings.